The van der Waals surface area contributed by atoms with Gasteiger partial charge in [0.2, 0.25) is 6.79 Å². The van der Waals surface area contributed by atoms with E-state index in [-0.39, 0.29) is 12.8 Å². The molecule has 6 heteroatoms. The Morgan fingerprint density at radius 2 is 1.96 bits per heavy atom. The molecule has 6 nitrogen and oxygen atoms in total. The number of aromatic nitrogens is 1. The van der Waals surface area contributed by atoms with E-state index < -0.39 is 0 Å². The van der Waals surface area contributed by atoms with E-state index in [9.17, 15) is 4.79 Å². The molecule has 3 aromatic rings. The molecule has 1 aromatic heterocycles. The minimum Gasteiger partial charge on any atom is -0.497 e. The Bertz CT molecular complexity index is 960. The lowest BCUT2D eigenvalue weighted by Gasteiger charge is -2.11. The summed E-state index contributed by atoms with van der Waals surface area (Å²) in [6.45, 7) is 2.30. The third kappa shape index (κ3) is 2.55. The summed E-state index contributed by atoms with van der Waals surface area (Å²) in [5.41, 5.74) is 2.12. The topological polar surface area (TPSA) is 58.9 Å². The van der Waals surface area contributed by atoms with Crippen LogP contribution in [0.3, 0.4) is 0 Å². The quantitative estimate of drug-likeness (QED) is 0.681. The number of benzene rings is 2. The second kappa shape index (κ2) is 6.05. The third-order valence-corrected chi connectivity index (χ3v) is 4.11. The van der Waals surface area contributed by atoms with E-state index >= 15 is 0 Å². The highest BCUT2D eigenvalue weighted by Crippen LogP contribution is 2.36. The molecule has 0 saturated carbocycles. The maximum atomic E-state index is 12.5. The lowest BCUT2D eigenvalue weighted by Crippen LogP contribution is -2.10. The molecule has 25 heavy (non-hydrogen) atoms. The molecular formula is C19H17NO5. The van der Waals surface area contributed by atoms with Crippen molar-refractivity contribution in [1.29, 1.82) is 0 Å². The lowest BCUT2D eigenvalue weighted by molar-refractivity contribution is 0.0517. The molecule has 0 unspecified atom stereocenters. The second-order valence-electron chi connectivity index (χ2n) is 5.55. The second-order valence-corrected chi connectivity index (χ2v) is 5.55. The number of ether oxygens (including phenoxy) is 4. The van der Waals surface area contributed by atoms with Crippen LogP contribution in [0.25, 0.3) is 16.6 Å². The van der Waals surface area contributed by atoms with E-state index in [1.165, 1.54) is 0 Å². The first-order chi connectivity index (χ1) is 12.2. The molecule has 1 aliphatic rings. The van der Waals surface area contributed by atoms with Gasteiger partial charge in [-0.3, -0.25) is 0 Å². The summed E-state index contributed by atoms with van der Waals surface area (Å²) in [5.74, 6) is 1.70. The number of hydrogen-bond acceptors (Lipinski definition) is 5. The number of carbonyl (C=O) groups is 1. The SMILES string of the molecule is CCOC(=O)c1cc2cc(OC)ccc2n1-c1ccc2c(c1)OCO2. The van der Waals surface area contributed by atoms with Crippen LogP contribution in [-0.2, 0) is 4.74 Å². The van der Waals surface area contributed by atoms with E-state index in [2.05, 4.69) is 0 Å². The highest BCUT2D eigenvalue weighted by atomic mass is 16.7. The first-order valence-corrected chi connectivity index (χ1v) is 7.98. The molecular weight excluding hydrogens is 322 g/mol. The molecule has 4 rings (SSSR count). The molecule has 2 aromatic carbocycles. The van der Waals surface area contributed by atoms with Gasteiger partial charge in [-0.05, 0) is 43.3 Å². The van der Waals surface area contributed by atoms with Crippen LogP contribution in [0.4, 0.5) is 0 Å². The van der Waals surface area contributed by atoms with Crippen LogP contribution in [0.1, 0.15) is 17.4 Å². The molecule has 0 N–H and O–H groups in total. The molecule has 0 fully saturated rings. The predicted octanol–water partition coefficient (Wildman–Crippen LogP) is 3.54. The highest BCUT2D eigenvalue weighted by Gasteiger charge is 2.21. The van der Waals surface area contributed by atoms with E-state index in [0.717, 1.165) is 22.3 Å². The van der Waals surface area contributed by atoms with Gasteiger partial charge in [-0.1, -0.05) is 0 Å². The Balaban J connectivity index is 1.93. The van der Waals surface area contributed by atoms with Crippen LogP contribution in [0.2, 0.25) is 0 Å². The van der Waals surface area contributed by atoms with E-state index in [1.54, 1.807) is 20.1 Å². The number of methoxy groups -OCH3 is 1. The number of carbonyl (C=O) groups excluding carboxylic acids is 1. The van der Waals surface area contributed by atoms with Gasteiger partial charge < -0.3 is 23.5 Å². The Hall–Kier alpha value is -3.15. The number of nitrogens with zero attached hydrogens (tertiary/aromatic N) is 1. The Morgan fingerprint density at radius 1 is 1.12 bits per heavy atom. The van der Waals surface area contributed by atoms with Crippen molar-refractivity contribution in [1.82, 2.24) is 4.57 Å². The Labute approximate surface area is 144 Å². The van der Waals surface area contributed by atoms with Gasteiger partial charge in [0, 0.05) is 11.5 Å². The van der Waals surface area contributed by atoms with Crippen LogP contribution in [0, 0.1) is 0 Å². The van der Waals surface area contributed by atoms with Gasteiger partial charge in [0.25, 0.3) is 0 Å². The zero-order valence-electron chi connectivity index (χ0n) is 13.9. The monoisotopic (exact) mass is 339 g/mol. The summed E-state index contributed by atoms with van der Waals surface area (Å²) < 4.78 is 23.2. The maximum Gasteiger partial charge on any atom is 0.355 e. The number of hydrogen-bond donors (Lipinski definition) is 0. The summed E-state index contributed by atoms with van der Waals surface area (Å²) in [6, 6.07) is 13.1. The fraction of sp³-hybridized carbons (Fsp3) is 0.211. The van der Waals surface area contributed by atoms with Gasteiger partial charge in [0.05, 0.1) is 24.9 Å². The van der Waals surface area contributed by atoms with Crippen molar-refractivity contribution in [3.05, 3.63) is 48.2 Å². The van der Waals surface area contributed by atoms with Crippen molar-refractivity contribution in [3.63, 3.8) is 0 Å². The van der Waals surface area contributed by atoms with Crippen molar-refractivity contribution >= 4 is 16.9 Å². The van der Waals surface area contributed by atoms with Crippen molar-refractivity contribution in [2.24, 2.45) is 0 Å². The summed E-state index contributed by atoms with van der Waals surface area (Å²) in [4.78, 5) is 12.5. The van der Waals surface area contributed by atoms with Crippen molar-refractivity contribution < 1.29 is 23.7 Å². The van der Waals surface area contributed by atoms with Crippen LogP contribution < -0.4 is 14.2 Å². The summed E-state index contributed by atoms with van der Waals surface area (Å²) in [7, 11) is 1.61. The minimum absolute atomic E-state index is 0.202. The molecule has 0 radical (unpaired) electrons. The normalized spacial score (nSPS) is 12.4. The van der Waals surface area contributed by atoms with E-state index in [4.69, 9.17) is 18.9 Å². The molecule has 0 spiro atoms. The van der Waals surface area contributed by atoms with Crippen LogP contribution >= 0.6 is 0 Å². The third-order valence-electron chi connectivity index (χ3n) is 4.11. The average molecular weight is 339 g/mol. The van der Waals surface area contributed by atoms with Crippen LogP contribution in [0.5, 0.6) is 17.2 Å². The minimum atomic E-state index is -0.379. The fourth-order valence-electron chi connectivity index (χ4n) is 2.98. The first kappa shape index (κ1) is 15.4. The zero-order chi connectivity index (χ0) is 17.4. The summed E-state index contributed by atoms with van der Waals surface area (Å²) in [5, 5.41) is 0.889. The summed E-state index contributed by atoms with van der Waals surface area (Å²) in [6.07, 6.45) is 0. The maximum absolute atomic E-state index is 12.5. The summed E-state index contributed by atoms with van der Waals surface area (Å²) >= 11 is 0. The van der Waals surface area contributed by atoms with Crippen molar-refractivity contribution in [2.75, 3.05) is 20.5 Å². The molecule has 0 bridgehead atoms. The van der Waals surface area contributed by atoms with Gasteiger partial charge >= 0.3 is 5.97 Å². The van der Waals surface area contributed by atoms with Gasteiger partial charge in [0.1, 0.15) is 11.4 Å². The average Bonchev–Trinajstić information content (AvgIpc) is 3.24. The smallest absolute Gasteiger partial charge is 0.355 e. The molecule has 1 aliphatic heterocycles. The zero-order valence-corrected chi connectivity index (χ0v) is 13.9. The van der Waals surface area contributed by atoms with Gasteiger partial charge in [-0.2, -0.15) is 0 Å². The Morgan fingerprint density at radius 3 is 2.76 bits per heavy atom. The molecule has 0 amide bonds. The van der Waals surface area contributed by atoms with Gasteiger partial charge in [0.15, 0.2) is 11.5 Å². The lowest BCUT2D eigenvalue weighted by atomic mass is 10.2. The number of esters is 1. The van der Waals surface area contributed by atoms with Crippen LogP contribution in [0.15, 0.2) is 42.5 Å². The highest BCUT2D eigenvalue weighted by molar-refractivity contribution is 5.97. The predicted molar refractivity (Wildman–Crippen MR) is 91.9 cm³/mol. The molecule has 0 atom stereocenters. The van der Waals surface area contributed by atoms with Crippen LogP contribution in [-0.4, -0.2) is 31.0 Å². The Kier molecular flexibility index (Phi) is 3.72. The van der Waals surface area contributed by atoms with Gasteiger partial charge in [-0.25, -0.2) is 4.79 Å². The first-order valence-electron chi connectivity index (χ1n) is 7.98. The standard InChI is InChI=1S/C19H17NO5/c1-3-23-19(21)16-9-12-8-14(22-2)5-6-15(12)20(16)13-4-7-17-18(10-13)25-11-24-17/h4-10H,3,11H2,1-2H3. The van der Waals surface area contributed by atoms with Crippen molar-refractivity contribution in [2.45, 2.75) is 6.92 Å². The molecule has 0 saturated heterocycles. The number of fused-ring (bicyclic) bond motifs is 2. The number of rotatable bonds is 4. The van der Waals surface area contributed by atoms with Crippen molar-refractivity contribution in [3.8, 4) is 22.9 Å². The molecule has 128 valence electrons. The van der Waals surface area contributed by atoms with E-state index in [1.807, 2.05) is 41.0 Å². The largest absolute Gasteiger partial charge is 0.497 e. The molecule has 0 aliphatic carbocycles. The van der Waals surface area contributed by atoms with E-state index in [0.29, 0.717) is 23.8 Å². The molecule has 2 heterocycles. The van der Waals surface area contributed by atoms with Gasteiger partial charge in [-0.15, -0.1) is 0 Å². The fourth-order valence-corrected chi connectivity index (χ4v) is 2.98.